The molecule has 0 aliphatic carbocycles. The van der Waals surface area contributed by atoms with Crippen LogP contribution < -0.4 is 5.73 Å². The Morgan fingerprint density at radius 2 is 2.23 bits per heavy atom. The summed E-state index contributed by atoms with van der Waals surface area (Å²) in [4.78, 5) is 3.43. The van der Waals surface area contributed by atoms with Gasteiger partial charge in [-0.25, -0.2) is 13.8 Å². The highest BCUT2D eigenvalue weighted by atomic mass is 19.3. The van der Waals surface area contributed by atoms with Gasteiger partial charge in [0, 0.05) is 0 Å². The quantitative estimate of drug-likeness (QED) is 0.758. The topological polar surface area (TPSA) is 62.7 Å². The lowest BCUT2D eigenvalue weighted by Crippen LogP contribution is -1.98. The normalized spacial score (nSPS) is 10.0. The Bertz CT molecular complexity index is 344. The van der Waals surface area contributed by atoms with Gasteiger partial charge in [-0.05, 0) is 17.7 Å². The second kappa shape index (κ2) is 3.81. The van der Waals surface area contributed by atoms with Crippen LogP contribution in [0.1, 0.15) is 17.7 Å². The minimum atomic E-state index is -2.65. The standard InChI is InChI=1S/C8H7F2N3/c9-8(10)6-3-5(1-2-11)4-7(12)13-6/h3-4,8H,1H2,(H2,12,13). The zero-order valence-electron chi connectivity index (χ0n) is 6.67. The largest absolute Gasteiger partial charge is 0.384 e. The van der Waals surface area contributed by atoms with E-state index in [9.17, 15) is 8.78 Å². The predicted molar refractivity (Wildman–Crippen MR) is 42.9 cm³/mol. The summed E-state index contributed by atoms with van der Waals surface area (Å²) in [6, 6.07) is 4.45. The van der Waals surface area contributed by atoms with Crippen LogP contribution in [0.4, 0.5) is 14.6 Å². The number of rotatable bonds is 2. The Hall–Kier alpha value is -1.70. The Morgan fingerprint density at radius 1 is 1.54 bits per heavy atom. The summed E-state index contributed by atoms with van der Waals surface area (Å²) in [6.07, 6.45) is -2.59. The van der Waals surface area contributed by atoms with Crippen LogP contribution in [0.15, 0.2) is 12.1 Å². The van der Waals surface area contributed by atoms with Crippen LogP contribution in [0.25, 0.3) is 0 Å². The van der Waals surface area contributed by atoms with Crippen LogP contribution in [0.3, 0.4) is 0 Å². The minimum Gasteiger partial charge on any atom is -0.384 e. The number of alkyl halides is 2. The maximum absolute atomic E-state index is 12.2. The van der Waals surface area contributed by atoms with Crippen LogP contribution in [-0.2, 0) is 6.42 Å². The van der Waals surface area contributed by atoms with Crippen molar-refractivity contribution in [2.45, 2.75) is 12.8 Å². The van der Waals surface area contributed by atoms with Crippen molar-refractivity contribution in [2.75, 3.05) is 5.73 Å². The van der Waals surface area contributed by atoms with Gasteiger partial charge < -0.3 is 5.73 Å². The molecule has 13 heavy (non-hydrogen) atoms. The molecular formula is C8H7F2N3. The maximum atomic E-state index is 12.2. The van der Waals surface area contributed by atoms with Crippen molar-refractivity contribution in [3.05, 3.63) is 23.4 Å². The number of nitrogens with zero attached hydrogens (tertiary/aromatic N) is 2. The van der Waals surface area contributed by atoms with E-state index >= 15 is 0 Å². The molecule has 0 radical (unpaired) electrons. The summed E-state index contributed by atoms with van der Waals surface area (Å²) in [7, 11) is 0. The zero-order chi connectivity index (χ0) is 9.84. The van der Waals surface area contributed by atoms with Gasteiger partial charge in [0.15, 0.2) is 0 Å². The number of aromatic nitrogens is 1. The van der Waals surface area contributed by atoms with Crippen molar-refractivity contribution in [3.63, 3.8) is 0 Å². The molecule has 0 aliphatic rings. The number of hydrogen-bond acceptors (Lipinski definition) is 3. The predicted octanol–water partition coefficient (Wildman–Crippen LogP) is 1.67. The Labute approximate surface area is 73.8 Å². The first-order valence-corrected chi connectivity index (χ1v) is 3.55. The number of anilines is 1. The van der Waals surface area contributed by atoms with E-state index < -0.39 is 6.43 Å². The summed E-state index contributed by atoms with van der Waals surface area (Å²) >= 11 is 0. The fourth-order valence-corrected chi connectivity index (χ4v) is 0.940. The highest BCUT2D eigenvalue weighted by Crippen LogP contribution is 2.19. The molecule has 1 aromatic rings. The Balaban J connectivity index is 3.05. The lowest BCUT2D eigenvalue weighted by Gasteiger charge is -2.02. The molecule has 0 aromatic carbocycles. The smallest absolute Gasteiger partial charge is 0.280 e. The maximum Gasteiger partial charge on any atom is 0.280 e. The minimum absolute atomic E-state index is 0.0167. The molecular weight excluding hydrogens is 176 g/mol. The summed E-state index contributed by atoms with van der Waals surface area (Å²) in [5, 5.41) is 8.34. The Kier molecular flexibility index (Phi) is 2.75. The van der Waals surface area contributed by atoms with Crippen LogP contribution in [-0.4, -0.2) is 4.98 Å². The van der Waals surface area contributed by atoms with Gasteiger partial charge >= 0.3 is 0 Å². The van der Waals surface area contributed by atoms with E-state index in [0.717, 1.165) is 0 Å². The monoisotopic (exact) mass is 183 g/mol. The van der Waals surface area contributed by atoms with Crippen LogP contribution in [0.2, 0.25) is 0 Å². The molecule has 1 aromatic heterocycles. The van der Waals surface area contributed by atoms with E-state index in [-0.39, 0.29) is 17.9 Å². The number of pyridine rings is 1. The SMILES string of the molecule is N#CCc1cc(N)nc(C(F)F)c1. The third-order valence-corrected chi connectivity index (χ3v) is 1.43. The Morgan fingerprint density at radius 3 is 2.77 bits per heavy atom. The summed E-state index contributed by atoms with van der Waals surface area (Å²) in [5.41, 5.74) is 5.35. The number of nitriles is 1. The van der Waals surface area contributed by atoms with Crippen molar-refractivity contribution in [2.24, 2.45) is 0 Å². The van der Waals surface area contributed by atoms with E-state index in [1.807, 2.05) is 6.07 Å². The molecule has 0 amide bonds. The first kappa shape index (κ1) is 9.39. The highest BCUT2D eigenvalue weighted by Gasteiger charge is 2.10. The first-order valence-electron chi connectivity index (χ1n) is 3.55. The molecule has 0 spiro atoms. The first-order chi connectivity index (χ1) is 6.13. The van der Waals surface area contributed by atoms with Crippen molar-refractivity contribution in [1.82, 2.24) is 4.98 Å². The molecule has 0 bridgehead atoms. The second-order valence-electron chi connectivity index (χ2n) is 2.46. The molecule has 5 heteroatoms. The van der Waals surface area contributed by atoms with Gasteiger partial charge in [-0.2, -0.15) is 5.26 Å². The van der Waals surface area contributed by atoms with E-state index in [2.05, 4.69) is 4.98 Å². The molecule has 0 fully saturated rings. The molecule has 1 heterocycles. The third kappa shape index (κ3) is 2.37. The van der Waals surface area contributed by atoms with Crippen LogP contribution >= 0.6 is 0 Å². The zero-order valence-corrected chi connectivity index (χ0v) is 6.67. The summed E-state index contributed by atoms with van der Waals surface area (Å²) < 4.78 is 24.3. The van der Waals surface area contributed by atoms with Crippen LogP contribution in [0.5, 0.6) is 0 Å². The fraction of sp³-hybridized carbons (Fsp3) is 0.250. The molecule has 0 aliphatic heterocycles. The van der Waals surface area contributed by atoms with E-state index in [1.54, 1.807) is 0 Å². The van der Waals surface area contributed by atoms with Crippen molar-refractivity contribution in [3.8, 4) is 6.07 Å². The van der Waals surface area contributed by atoms with E-state index in [4.69, 9.17) is 11.0 Å². The summed E-state index contributed by atoms with van der Waals surface area (Å²) in [6.45, 7) is 0. The molecule has 0 saturated carbocycles. The highest BCUT2D eigenvalue weighted by molar-refractivity contribution is 5.36. The third-order valence-electron chi connectivity index (χ3n) is 1.43. The van der Waals surface area contributed by atoms with E-state index in [1.165, 1.54) is 12.1 Å². The number of halogens is 2. The van der Waals surface area contributed by atoms with Gasteiger partial charge in [-0.15, -0.1) is 0 Å². The van der Waals surface area contributed by atoms with Crippen LogP contribution in [0, 0.1) is 11.3 Å². The molecule has 1 rings (SSSR count). The van der Waals surface area contributed by atoms with Gasteiger partial charge in [0.2, 0.25) is 0 Å². The lowest BCUT2D eigenvalue weighted by molar-refractivity contribution is 0.146. The fourth-order valence-electron chi connectivity index (χ4n) is 0.940. The van der Waals surface area contributed by atoms with Gasteiger partial charge in [-0.1, -0.05) is 0 Å². The van der Waals surface area contributed by atoms with Crippen molar-refractivity contribution in [1.29, 1.82) is 5.26 Å². The molecule has 3 nitrogen and oxygen atoms in total. The van der Waals surface area contributed by atoms with E-state index in [0.29, 0.717) is 5.56 Å². The molecule has 68 valence electrons. The second-order valence-corrected chi connectivity index (χ2v) is 2.46. The van der Waals surface area contributed by atoms with Crippen molar-refractivity contribution >= 4 is 5.82 Å². The lowest BCUT2D eigenvalue weighted by atomic mass is 10.2. The number of hydrogen-bond donors (Lipinski definition) is 1. The average molecular weight is 183 g/mol. The average Bonchev–Trinajstić information content (AvgIpc) is 2.03. The van der Waals surface area contributed by atoms with Gasteiger partial charge in [0.1, 0.15) is 11.5 Å². The van der Waals surface area contributed by atoms with Gasteiger partial charge in [0.25, 0.3) is 6.43 Å². The molecule has 0 atom stereocenters. The molecule has 2 N–H and O–H groups in total. The number of nitrogen functional groups attached to an aromatic ring is 1. The number of nitrogens with two attached hydrogens (primary N) is 1. The van der Waals surface area contributed by atoms with Crippen molar-refractivity contribution < 1.29 is 8.78 Å². The summed E-state index contributed by atoms with van der Waals surface area (Å²) in [5.74, 6) is 0.0167. The van der Waals surface area contributed by atoms with Gasteiger partial charge in [0.05, 0.1) is 12.5 Å². The molecule has 0 saturated heterocycles. The van der Waals surface area contributed by atoms with Gasteiger partial charge in [-0.3, -0.25) is 0 Å². The molecule has 0 unspecified atom stereocenters.